The molecule has 1 aliphatic heterocycles. The number of aliphatic hydroxyl groups is 3. The number of carbonyl (C=O) groups excluding carboxylic acids is 3. The third-order valence-electron chi connectivity index (χ3n) is 9.20. The van der Waals surface area contributed by atoms with E-state index < -0.39 is 99.1 Å². The van der Waals surface area contributed by atoms with Gasteiger partial charge in [0, 0.05) is 23.6 Å². The van der Waals surface area contributed by atoms with Gasteiger partial charge in [0.2, 0.25) is 5.78 Å². The van der Waals surface area contributed by atoms with Crippen molar-refractivity contribution in [1.29, 1.82) is 0 Å². The van der Waals surface area contributed by atoms with Gasteiger partial charge >= 0.3 is 12.1 Å². The molecular weight excluding hydrogens is 547 g/mol. The summed E-state index contributed by atoms with van der Waals surface area (Å²) in [6, 6.07) is -1.36. The first-order valence-electron chi connectivity index (χ1n) is 13.5. The van der Waals surface area contributed by atoms with Gasteiger partial charge < -0.3 is 25.7 Å². The third-order valence-corrected chi connectivity index (χ3v) is 9.20. The number of nitrogens with one attached hydrogen (secondary N) is 1. The Hall–Kier alpha value is -3.26. The smallest absolute Gasteiger partial charge is 0.417 e. The number of aromatic hydroxyl groups is 1. The fourth-order valence-corrected chi connectivity index (χ4v) is 7.13. The van der Waals surface area contributed by atoms with Crippen molar-refractivity contribution in [1.82, 2.24) is 10.2 Å². The normalized spacial score (nSPS) is 30.2. The number of phenols is 1. The summed E-state index contributed by atoms with van der Waals surface area (Å²) in [4.78, 5) is 41.3. The number of halogens is 3. The van der Waals surface area contributed by atoms with Gasteiger partial charge in [-0.05, 0) is 76.2 Å². The molecule has 2 fully saturated rings. The van der Waals surface area contributed by atoms with Crippen LogP contribution in [-0.4, -0.2) is 74.1 Å². The van der Waals surface area contributed by atoms with Gasteiger partial charge in [-0.25, -0.2) is 4.79 Å². The van der Waals surface area contributed by atoms with Crippen LogP contribution in [0.5, 0.6) is 5.75 Å². The first-order chi connectivity index (χ1) is 19.0. The molecule has 0 radical (unpaired) electrons. The van der Waals surface area contributed by atoms with Crippen molar-refractivity contribution in [2.24, 2.45) is 11.8 Å². The van der Waals surface area contributed by atoms with Gasteiger partial charge in [0.05, 0.1) is 17.2 Å². The molecule has 5 atom stereocenters. The summed E-state index contributed by atoms with van der Waals surface area (Å²) in [5.41, 5.74) is -3.10. The van der Waals surface area contributed by atoms with Gasteiger partial charge in [-0.3, -0.25) is 20.2 Å². The molecule has 41 heavy (non-hydrogen) atoms. The maximum atomic E-state index is 14.6. The quantitative estimate of drug-likeness (QED) is 0.288. The Bertz CT molecular complexity index is 1430. The fraction of sp³-hybridized carbons (Fsp3) is 0.536. The van der Waals surface area contributed by atoms with Gasteiger partial charge in [0.1, 0.15) is 11.5 Å². The van der Waals surface area contributed by atoms with E-state index in [-0.39, 0.29) is 23.6 Å². The summed E-state index contributed by atoms with van der Waals surface area (Å²) in [7, 11) is 1.53. The molecule has 5 rings (SSSR count). The van der Waals surface area contributed by atoms with E-state index in [0.717, 1.165) is 6.07 Å². The molecule has 1 unspecified atom stereocenters. The highest BCUT2D eigenvalue weighted by Crippen LogP contribution is 2.55. The molecule has 4 aliphatic rings. The Morgan fingerprint density at radius 2 is 1.88 bits per heavy atom. The first kappa shape index (κ1) is 29.2. The highest BCUT2D eigenvalue weighted by atomic mass is 19.4. The number of benzene rings is 1. The number of likely N-dealkylation sites (N-methyl/N-ethyl adjacent to an activating group) is 1. The second-order valence-electron chi connectivity index (χ2n) is 11.7. The molecule has 1 amide bonds. The number of nitrogens with zero attached hydrogens (tertiary/aromatic N) is 1. The highest BCUT2D eigenvalue weighted by molar-refractivity contribution is 6.22. The van der Waals surface area contributed by atoms with E-state index in [4.69, 9.17) is 0 Å². The Kier molecular flexibility index (Phi) is 6.88. The van der Waals surface area contributed by atoms with Gasteiger partial charge in [-0.15, -0.1) is 0 Å². The van der Waals surface area contributed by atoms with Gasteiger partial charge in [-0.2, -0.15) is 13.2 Å². The highest BCUT2D eigenvalue weighted by Gasteiger charge is 2.65. The van der Waals surface area contributed by atoms with Crippen LogP contribution in [0.15, 0.2) is 23.0 Å². The van der Waals surface area contributed by atoms with Crippen molar-refractivity contribution >= 4 is 23.2 Å². The van der Waals surface area contributed by atoms with Crippen molar-refractivity contribution in [3.8, 4) is 5.75 Å². The molecule has 1 aromatic rings. The Labute approximate surface area is 233 Å². The number of Topliss-reactive ketones (excluding diaryl/α,β-unsaturated/α-hetero) is 2. The van der Waals surface area contributed by atoms with Crippen molar-refractivity contribution in [3.63, 3.8) is 0 Å². The van der Waals surface area contributed by atoms with E-state index in [2.05, 4.69) is 11.1 Å². The molecular formula is C28H33F3N3O7+. The number of alkyl halides is 3. The van der Waals surface area contributed by atoms with E-state index in [9.17, 15) is 48.0 Å². The minimum atomic E-state index is -4.86. The largest absolute Gasteiger partial charge is 0.508 e. The molecule has 222 valence electrons. The molecule has 0 aromatic heterocycles. The SMILES string of the molecule is CC(C)N(C)[C@@H]1C(=O)C(C([NH3+])=O)=C(O)[C@@]2(O)C(=O)C3=C(O)c4c(O)cc(C5CCCN5)c(C(F)(F)F)c4C[C@H]3C[C@@H]12. The maximum absolute atomic E-state index is 14.6. The lowest BCUT2D eigenvalue weighted by atomic mass is 9.57. The average molecular weight is 581 g/mol. The number of hydrogen-bond acceptors (Lipinski definition) is 9. The summed E-state index contributed by atoms with van der Waals surface area (Å²) in [6.07, 6.45) is -4.51. The lowest BCUT2D eigenvalue weighted by Gasteiger charge is -2.51. The zero-order chi connectivity index (χ0) is 30.3. The monoisotopic (exact) mass is 580 g/mol. The average Bonchev–Trinajstić information content (AvgIpc) is 3.39. The molecule has 0 spiro atoms. The summed E-state index contributed by atoms with van der Waals surface area (Å²) < 4.78 is 43.8. The number of phenolic OH excluding ortho intramolecular Hbond substituents is 1. The molecule has 1 saturated carbocycles. The minimum absolute atomic E-state index is 0.161. The lowest BCUT2D eigenvalue weighted by Crippen LogP contribution is -2.69. The van der Waals surface area contributed by atoms with Crippen LogP contribution in [0, 0.1) is 11.8 Å². The number of amides is 1. The van der Waals surface area contributed by atoms with Gasteiger partial charge in [0.15, 0.2) is 22.7 Å². The van der Waals surface area contributed by atoms with Crippen LogP contribution in [0.3, 0.4) is 0 Å². The molecule has 13 heteroatoms. The number of carbonyl (C=O) groups is 3. The lowest BCUT2D eigenvalue weighted by molar-refractivity contribution is -0.299. The number of ketones is 2. The van der Waals surface area contributed by atoms with Crippen LogP contribution in [0.2, 0.25) is 0 Å². The first-order valence-corrected chi connectivity index (χ1v) is 13.5. The Morgan fingerprint density at radius 3 is 2.41 bits per heavy atom. The van der Waals surface area contributed by atoms with E-state index in [1.54, 1.807) is 13.8 Å². The summed E-state index contributed by atoms with van der Waals surface area (Å²) in [5, 5.41) is 48.0. The van der Waals surface area contributed by atoms with Crippen molar-refractivity contribution in [3.05, 3.63) is 45.2 Å². The van der Waals surface area contributed by atoms with Crippen LogP contribution in [0.25, 0.3) is 5.76 Å². The fourth-order valence-electron chi connectivity index (χ4n) is 7.13. The maximum Gasteiger partial charge on any atom is 0.417 e. The molecule has 0 bridgehead atoms. The molecule has 8 N–H and O–H groups in total. The second-order valence-corrected chi connectivity index (χ2v) is 11.7. The van der Waals surface area contributed by atoms with E-state index in [1.807, 2.05) is 0 Å². The van der Waals surface area contributed by atoms with Crippen LogP contribution >= 0.6 is 0 Å². The molecule has 1 heterocycles. The predicted molar refractivity (Wildman–Crippen MR) is 137 cm³/mol. The van der Waals surface area contributed by atoms with Crippen LogP contribution in [-0.2, 0) is 27.0 Å². The summed E-state index contributed by atoms with van der Waals surface area (Å²) >= 11 is 0. The second kappa shape index (κ2) is 9.65. The van der Waals surface area contributed by atoms with Gasteiger partial charge in [0.25, 0.3) is 0 Å². The van der Waals surface area contributed by atoms with Gasteiger partial charge in [-0.1, -0.05) is 0 Å². The van der Waals surface area contributed by atoms with E-state index >= 15 is 0 Å². The number of hydrogen-bond donors (Lipinski definition) is 6. The third kappa shape index (κ3) is 4.12. The van der Waals surface area contributed by atoms with E-state index in [0.29, 0.717) is 19.4 Å². The van der Waals surface area contributed by atoms with E-state index in [1.165, 1.54) is 11.9 Å². The number of quaternary nitrogens is 1. The zero-order valence-corrected chi connectivity index (χ0v) is 22.8. The van der Waals surface area contributed by atoms with Crippen molar-refractivity contribution in [2.75, 3.05) is 13.6 Å². The molecule has 1 saturated heterocycles. The number of aliphatic hydroxyl groups excluding tert-OH is 2. The molecule has 10 nitrogen and oxygen atoms in total. The number of rotatable bonds is 4. The molecule has 3 aliphatic carbocycles. The van der Waals surface area contributed by atoms with Crippen molar-refractivity contribution in [2.45, 2.75) is 69.4 Å². The van der Waals surface area contributed by atoms with Crippen molar-refractivity contribution < 1.29 is 53.7 Å². The topological polar surface area (TPSA) is 175 Å². The Balaban J connectivity index is 1.76. The minimum Gasteiger partial charge on any atom is -0.508 e. The predicted octanol–water partition coefficient (Wildman–Crippen LogP) is 1.47. The summed E-state index contributed by atoms with van der Waals surface area (Å²) in [5.74, 6) is -8.48. The standard InChI is InChI=1S/C28H32F3N3O7/c1-10(2)34(3)21-14-8-11-7-13-18(16(35)9-12(15-5-4-6-33-15)20(13)28(29,30)31)22(36)17(11)24(38)27(14,41)25(39)19(23(21)37)26(32)40/h9-11,14-15,21,33,35-36,39,41H,4-8H2,1-3H3,(H2,32,40)/p+1/t11-,14-,15?,21-,27-/m0/s1. The number of fused-ring (bicyclic) bond motifs is 3. The van der Waals surface area contributed by atoms with Crippen LogP contribution in [0.1, 0.15) is 61.4 Å². The molecule has 1 aromatic carbocycles. The summed E-state index contributed by atoms with van der Waals surface area (Å²) in [6.45, 7) is 3.96. The van der Waals surface area contributed by atoms with Crippen LogP contribution < -0.4 is 11.1 Å². The van der Waals surface area contributed by atoms with Crippen LogP contribution in [0.4, 0.5) is 13.2 Å². The zero-order valence-electron chi connectivity index (χ0n) is 22.8. The Morgan fingerprint density at radius 1 is 1.22 bits per heavy atom.